The number of pyridine rings is 1. The Morgan fingerprint density at radius 1 is 1.35 bits per heavy atom. The molecule has 1 fully saturated rings. The first-order valence-electron chi connectivity index (χ1n) is 6.84. The molecular weight excluding hydrogens is 276 g/mol. The summed E-state index contributed by atoms with van der Waals surface area (Å²) in [6.45, 7) is 0.454. The van der Waals surface area contributed by atoms with Gasteiger partial charge >= 0.3 is 0 Å². The van der Waals surface area contributed by atoms with Crippen molar-refractivity contribution >= 4 is 15.5 Å². The van der Waals surface area contributed by atoms with Crippen LogP contribution in [0.2, 0.25) is 0 Å². The molecule has 1 atom stereocenters. The number of nitrogens with zero attached hydrogens (tertiary/aromatic N) is 3. The van der Waals surface area contributed by atoms with Crippen LogP contribution >= 0.6 is 0 Å². The summed E-state index contributed by atoms with van der Waals surface area (Å²) in [5.41, 5.74) is 7.30. The van der Waals surface area contributed by atoms with Crippen molar-refractivity contribution in [3.05, 3.63) is 29.7 Å². The van der Waals surface area contributed by atoms with Gasteiger partial charge in [0.1, 0.15) is 5.82 Å². The third-order valence-electron chi connectivity index (χ3n) is 3.90. The van der Waals surface area contributed by atoms with E-state index in [0.717, 1.165) is 30.5 Å². The van der Waals surface area contributed by atoms with E-state index >= 15 is 0 Å². The van der Waals surface area contributed by atoms with E-state index < -0.39 is 9.84 Å². The van der Waals surface area contributed by atoms with Crippen LogP contribution in [0.3, 0.4) is 0 Å². The highest BCUT2D eigenvalue weighted by Crippen LogP contribution is 2.22. The topological polar surface area (TPSA) is 90.3 Å². The Labute approximate surface area is 117 Å². The number of nitrogens with two attached hydrogens (primary N) is 1. The predicted molar refractivity (Wildman–Crippen MR) is 76.0 cm³/mol. The maximum atomic E-state index is 12.1. The lowest BCUT2D eigenvalue weighted by molar-refractivity contribution is 0.533. The van der Waals surface area contributed by atoms with Gasteiger partial charge in [0.05, 0.1) is 11.0 Å². The average Bonchev–Trinajstić information content (AvgIpc) is 2.83. The first-order chi connectivity index (χ1) is 9.60. The third-order valence-corrected chi connectivity index (χ3v) is 6.18. The zero-order valence-corrected chi connectivity index (χ0v) is 12.0. The standard InChI is InChI=1S/C13H18N4O2S/c14-9-10-4-5-17-12(7-10)15-16-13(17)8-11-3-1-2-6-20(11,18)19/h4-5,7,11H,1-3,6,8-9,14H2. The van der Waals surface area contributed by atoms with Crippen LogP contribution in [0.15, 0.2) is 18.3 Å². The van der Waals surface area contributed by atoms with Gasteiger partial charge in [0.15, 0.2) is 15.5 Å². The van der Waals surface area contributed by atoms with Gasteiger partial charge in [-0.3, -0.25) is 4.40 Å². The minimum atomic E-state index is -2.98. The smallest absolute Gasteiger partial charge is 0.161 e. The summed E-state index contributed by atoms with van der Waals surface area (Å²) in [7, 11) is -2.98. The number of hydrogen-bond acceptors (Lipinski definition) is 5. The Bertz CT molecular complexity index is 723. The summed E-state index contributed by atoms with van der Waals surface area (Å²) in [5.74, 6) is 1.00. The van der Waals surface area contributed by atoms with Crippen molar-refractivity contribution in [3.8, 4) is 0 Å². The van der Waals surface area contributed by atoms with E-state index in [4.69, 9.17) is 5.73 Å². The first-order valence-corrected chi connectivity index (χ1v) is 8.56. The Balaban J connectivity index is 1.91. The third kappa shape index (κ3) is 2.43. The summed E-state index contributed by atoms with van der Waals surface area (Å²) >= 11 is 0. The Morgan fingerprint density at radius 3 is 2.95 bits per heavy atom. The van der Waals surface area contributed by atoms with Crippen LogP contribution in [0.4, 0.5) is 0 Å². The van der Waals surface area contributed by atoms with Crippen molar-refractivity contribution in [2.24, 2.45) is 5.73 Å². The van der Waals surface area contributed by atoms with Crippen LogP contribution in [-0.2, 0) is 22.8 Å². The highest BCUT2D eigenvalue weighted by molar-refractivity contribution is 7.92. The molecule has 0 amide bonds. The molecule has 0 saturated carbocycles. The molecule has 2 aromatic rings. The van der Waals surface area contributed by atoms with Crippen molar-refractivity contribution in [3.63, 3.8) is 0 Å². The molecule has 108 valence electrons. The van der Waals surface area contributed by atoms with Crippen LogP contribution in [-0.4, -0.2) is 34.0 Å². The Morgan fingerprint density at radius 2 is 2.20 bits per heavy atom. The summed E-state index contributed by atoms with van der Waals surface area (Å²) in [4.78, 5) is 0. The summed E-state index contributed by atoms with van der Waals surface area (Å²) in [6, 6.07) is 3.79. The number of sulfone groups is 1. The zero-order valence-electron chi connectivity index (χ0n) is 11.2. The predicted octanol–water partition coefficient (Wildman–Crippen LogP) is 0.698. The SMILES string of the molecule is NCc1ccn2c(CC3CCCCS3(=O)=O)nnc2c1. The summed E-state index contributed by atoms with van der Waals surface area (Å²) in [5, 5.41) is 7.92. The van der Waals surface area contributed by atoms with Gasteiger partial charge in [-0.2, -0.15) is 0 Å². The van der Waals surface area contributed by atoms with E-state index in [1.54, 1.807) is 0 Å². The largest absolute Gasteiger partial charge is 0.326 e. The van der Waals surface area contributed by atoms with E-state index in [0.29, 0.717) is 24.5 Å². The normalized spacial score (nSPS) is 22.1. The fourth-order valence-electron chi connectivity index (χ4n) is 2.70. The van der Waals surface area contributed by atoms with Crippen molar-refractivity contribution in [1.82, 2.24) is 14.6 Å². The maximum absolute atomic E-state index is 12.1. The van der Waals surface area contributed by atoms with Crippen LogP contribution in [0.25, 0.3) is 5.65 Å². The maximum Gasteiger partial charge on any atom is 0.161 e. The van der Waals surface area contributed by atoms with Gasteiger partial charge in [-0.05, 0) is 30.5 Å². The van der Waals surface area contributed by atoms with E-state index in [1.165, 1.54) is 0 Å². The van der Waals surface area contributed by atoms with E-state index in [2.05, 4.69) is 10.2 Å². The molecule has 0 bridgehead atoms. The van der Waals surface area contributed by atoms with Crippen LogP contribution in [0.5, 0.6) is 0 Å². The molecule has 3 heterocycles. The molecule has 3 rings (SSSR count). The second kappa shape index (κ2) is 5.14. The Hall–Kier alpha value is -1.47. The number of fused-ring (bicyclic) bond motifs is 1. The quantitative estimate of drug-likeness (QED) is 0.899. The second-order valence-electron chi connectivity index (χ2n) is 5.27. The molecule has 2 aromatic heterocycles. The monoisotopic (exact) mass is 294 g/mol. The lowest BCUT2D eigenvalue weighted by atomic mass is 10.1. The molecule has 1 aliphatic heterocycles. The van der Waals surface area contributed by atoms with Gasteiger partial charge < -0.3 is 5.73 Å². The fourth-order valence-corrected chi connectivity index (χ4v) is 4.57. The lowest BCUT2D eigenvalue weighted by Gasteiger charge is -2.21. The van der Waals surface area contributed by atoms with E-state index in [-0.39, 0.29) is 5.25 Å². The van der Waals surface area contributed by atoms with Crippen molar-refractivity contribution < 1.29 is 8.42 Å². The molecule has 7 heteroatoms. The summed E-state index contributed by atoms with van der Waals surface area (Å²) in [6.07, 6.45) is 4.77. The van der Waals surface area contributed by atoms with Gasteiger partial charge in [0.2, 0.25) is 0 Å². The summed E-state index contributed by atoms with van der Waals surface area (Å²) < 4.78 is 26.0. The molecule has 2 N–H and O–H groups in total. The minimum Gasteiger partial charge on any atom is -0.326 e. The van der Waals surface area contributed by atoms with Crippen molar-refractivity contribution in [1.29, 1.82) is 0 Å². The van der Waals surface area contributed by atoms with Crippen molar-refractivity contribution in [2.45, 2.75) is 37.5 Å². The highest BCUT2D eigenvalue weighted by atomic mass is 32.2. The van der Waals surface area contributed by atoms with Gasteiger partial charge in [0, 0.05) is 19.2 Å². The fraction of sp³-hybridized carbons (Fsp3) is 0.538. The highest BCUT2D eigenvalue weighted by Gasteiger charge is 2.30. The molecule has 0 aromatic carbocycles. The number of rotatable bonds is 3. The Kier molecular flexibility index (Phi) is 3.47. The van der Waals surface area contributed by atoms with Gasteiger partial charge in [-0.15, -0.1) is 10.2 Å². The van der Waals surface area contributed by atoms with Crippen LogP contribution in [0, 0.1) is 0 Å². The van der Waals surface area contributed by atoms with Crippen LogP contribution < -0.4 is 5.73 Å². The molecule has 0 spiro atoms. The molecule has 0 aliphatic carbocycles. The molecule has 1 unspecified atom stereocenters. The molecular formula is C13H18N4O2S. The van der Waals surface area contributed by atoms with Crippen LogP contribution in [0.1, 0.15) is 30.7 Å². The molecule has 1 saturated heterocycles. The van der Waals surface area contributed by atoms with E-state index in [9.17, 15) is 8.42 Å². The molecule has 20 heavy (non-hydrogen) atoms. The molecule has 0 radical (unpaired) electrons. The average molecular weight is 294 g/mol. The molecule has 6 nitrogen and oxygen atoms in total. The lowest BCUT2D eigenvalue weighted by Crippen LogP contribution is -2.30. The minimum absolute atomic E-state index is 0.297. The zero-order chi connectivity index (χ0) is 14.2. The van der Waals surface area contributed by atoms with E-state index in [1.807, 2.05) is 22.7 Å². The number of aromatic nitrogens is 3. The molecule has 1 aliphatic rings. The van der Waals surface area contributed by atoms with Gasteiger partial charge in [0.25, 0.3) is 0 Å². The first kappa shape index (κ1) is 13.5. The van der Waals surface area contributed by atoms with Crippen molar-refractivity contribution in [2.75, 3.05) is 5.75 Å². The van der Waals surface area contributed by atoms with Gasteiger partial charge in [-0.1, -0.05) is 6.42 Å². The number of hydrogen-bond donors (Lipinski definition) is 1. The van der Waals surface area contributed by atoms with Gasteiger partial charge in [-0.25, -0.2) is 8.42 Å². The second-order valence-corrected chi connectivity index (χ2v) is 7.67.